The van der Waals surface area contributed by atoms with Crippen molar-refractivity contribution in [3.63, 3.8) is 0 Å². The number of anilines is 4. The van der Waals surface area contributed by atoms with Crippen LogP contribution >= 0.6 is 0 Å². The fourth-order valence-corrected chi connectivity index (χ4v) is 5.51. The summed E-state index contributed by atoms with van der Waals surface area (Å²) < 4.78 is 6.36. The second kappa shape index (κ2) is 9.71. The van der Waals surface area contributed by atoms with Gasteiger partial charge in [0.2, 0.25) is 0 Å². The van der Waals surface area contributed by atoms with Crippen LogP contribution in [0.1, 0.15) is 24.0 Å². The van der Waals surface area contributed by atoms with Crippen LogP contribution in [0.4, 0.5) is 22.7 Å². The van der Waals surface area contributed by atoms with Gasteiger partial charge in [-0.3, -0.25) is 4.98 Å². The first-order valence-corrected chi connectivity index (χ1v) is 13.4. The van der Waals surface area contributed by atoms with Gasteiger partial charge in [-0.25, -0.2) is 0 Å². The Hall–Kier alpha value is -4.57. The quantitative estimate of drug-likeness (QED) is 0.215. The summed E-state index contributed by atoms with van der Waals surface area (Å²) in [6.07, 6.45) is 6.43. The summed E-state index contributed by atoms with van der Waals surface area (Å²) in [5, 5.41) is 0. The minimum atomic E-state index is 0.751. The first-order valence-electron chi connectivity index (χ1n) is 13.4. The van der Waals surface area contributed by atoms with Crippen LogP contribution in [-0.4, -0.2) is 11.7 Å². The predicted octanol–water partition coefficient (Wildman–Crippen LogP) is 8.67. The van der Waals surface area contributed by atoms with Crippen LogP contribution in [0.15, 0.2) is 115 Å². The van der Waals surface area contributed by atoms with Crippen LogP contribution < -0.4 is 14.5 Å². The Bertz CT molecular complexity index is 1590. The third-order valence-corrected chi connectivity index (χ3v) is 7.47. The average molecular weight is 496 g/mol. The number of pyridine rings is 1. The van der Waals surface area contributed by atoms with Gasteiger partial charge in [-0.15, -0.1) is 0 Å². The Morgan fingerprint density at radius 3 is 2.03 bits per heavy atom. The van der Waals surface area contributed by atoms with Crippen LogP contribution in [0.2, 0.25) is 0 Å². The third-order valence-electron chi connectivity index (χ3n) is 7.47. The zero-order valence-corrected chi connectivity index (χ0v) is 21.3. The molecule has 10 bridgehead atoms. The Balaban J connectivity index is 1.30. The molecule has 8 rings (SSSR count). The van der Waals surface area contributed by atoms with Crippen molar-refractivity contribution in [2.24, 2.45) is 0 Å². The monoisotopic (exact) mass is 495 g/mol. The van der Waals surface area contributed by atoms with E-state index in [1.807, 2.05) is 24.4 Å². The minimum Gasteiger partial charge on any atom is -0.457 e. The minimum absolute atomic E-state index is 0.751. The Labute approximate surface area is 223 Å². The van der Waals surface area contributed by atoms with E-state index in [-0.39, 0.29) is 0 Å². The molecule has 4 nitrogen and oxygen atoms in total. The third kappa shape index (κ3) is 4.39. The van der Waals surface area contributed by atoms with Crippen LogP contribution in [0.3, 0.4) is 0 Å². The van der Waals surface area contributed by atoms with Gasteiger partial charge in [-0.2, -0.15) is 0 Å². The highest BCUT2D eigenvalue weighted by atomic mass is 16.5. The maximum Gasteiger partial charge on any atom is 0.129 e. The average Bonchev–Trinajstić information content (AvgIpc) is 3.36. The van der Waals surface area contributed by atoms with E-state index in [2.05, 4.69) is 101 Å². The smallest absolute Gasteiger partial charge is 0.129 e. The summed E-state index contributed by atoms with van der Waals surface area (Å²) in [5.41, 5.74) is 9.44. The standard InChI is InChI=1S/C34H29N3O/c1-2-9-26-18-19-32(35-23-26)27-11-6-14-30(21-27)38-31-15-7-13-29(22-31)37-24-36(33-16-3-4-17-34(33)37)28-12-5-10-25(8-1)20-28/h3-7,10-23H,1-2,8-9,24H2. The lowest BCUT2D eigenvalue weighted by Gasteiger charge is -2.23. The molecular formula is C34H29N3O. The van der Waals surface area contributed by atoms with Crippen molar-refractivity contribution in [2.75, 3.05) is 16.5 Å². The van der Waals surface area contributed by atoms with Crippen molar-refractivity contribution >= 4 is 22.7 Å². The largest absolute Gasteiger partial charge is 0.457 e. The fourth-order valence-electron chi connectivity index (χ4n) is 5.51. The molecule has 0 spiro atoms. The van der Waals surface area contributed by atoms with Gasteiger partial charge in [0.25, 0.3) is 0 Å². The van der Waals surface area contributed by atoms with Crippen molar-refractivity contribution in [2.45, 2.75) is 25.7 Å². The molecule has 0 saturated heterocycles. The summed E-state index contributed by atoms with van der Waals surface area (Å²) in [6, 6.07) is 38.5. The summed E-state index contributed by atoms with van der Waals surface area (Å²) in [5.74, 6) is 1.61. The van der Waals surface area contributed by atoms with Gasteiger partial charge >= 0.3 is 0 Å². The normalized spacial score (nSPS) is 14.4. The number of hydrogen-bond donors (Lipinski definition) is 0. The van der Waals surface area contributed by atoms with Gasteiger partial charge in [-0.05, 0) is 91.4 Å². The Morgan fingerprint density at radius 1 is 0.579 bits per heavy atom. The SMILES string of the molecule is c1cc2cc(c1)-c1ccc(cn1)CCCCc1cccc(c1)N1CN(c3cccc(c3)O2)c2ccccc21. The molecule has 0 fully saturated rings. The molecule has 1 aromatic heterocycles. The molecule has 3 aliphatic heterocycles. The van der Waals surface area contributed by atoms with E-state index in [1.54, 1.807) is 0 Å². The van der Waals surface area contributed by atoms with Crippen molar-refractivity contribution in [3.8, 4) is 22.8 Å². The number of rotatable bonds is 0. The zero-order chi connectivity index (χ0) is 25.3. The summed E-state index contributed by atoms with van der Waals surface area (Å²) in [6.45, 7) is 0.751. The number of para-hydroxylation sites is 2. The lowest BCUT2D eigenvalue weighted by Crippen LogP contribution is -2.24. The molecule has 4 heteroatoms. The van der Waals surface area contributed by atoms with Crippen molar-refractivity contribution in [3.05, 3.63) is 127 Å². The predicted molar refractivity (Wildman–Crippen MR) is 155 cm³/mol. The highest BCUT2D eigenvalue weighted by Crippen LogP contribution is 2.45. The highest BCUT2D eigenvalue weighted by Gasteiger charge is 2.28. The van der Waals surface area contributed by atoms with Crippen LogP contribution in [0.5, 0.6) is 11.5 Å². The van der Waals surface area contributed by atoms with Crippen LogP contribution in [-0.2, 0) is 12.8 Å². The van der Waals surface area contributed by atoms with Gasteiger partial charge in [-0.1, -0.05) is 48.5 Å². The molecular weight excluding hydrogens is 466 g/mol. The number of hydrogen-bond acceptors (Lipinski definition) is 4. The summed E-state index contributed by atoms with van der Waals surface area (Å²) >= 11 is 0. The van der Waals surface area contributed by atoms with Crippen molar-refractivity contribution < 1.29 is 4.74 Å². The van der Waals surface area contributed by atoms with E-state index in [0.717, 1.165) is 60.8 Å². The molecule has 3 aliphatic rings. The van der Waals surface area contributed by atoms with E-state index in [0.29, 0.717) is 0 Å². The number of fused-ring (bicyclic) bond motifs is 6. The van der Waals surface area contributed by atoms with E-state index in [1.165, 1.54) is 28.2 Å². The molecule has 0 radical (unpaired) electrons. The first kappa shape index (κ1) is 22.6. The molecule has 0 N–H and O–H groups in total. The summed E-state index contributed by atoms with van der Waals surface area (Å²) in [4.78, 5) is 9.53. The van der Waals surface area contributed by atoms with E-state index >= 15 is 0 Å². The van der Waals surface area contributed by atoms with E-state index in [4.69, 9.17) is 9.72 Å². The molecule has 4 heterocycles. The molecule has 186 valence electrons. The summed E-state index contributed by atoms with van der Waals surface area (Å²) in [7, 11) is 0. The maximum atomic E-state index is 6.36. The highest BCUT2D eigenvalue weighted by molar-refractivity contribution is 5.87. The molecule has 0 aliphatic carbocycles. The number of aromatic nitrogens is 1. The molecule has 0 unspecified atom stereocenters. The van der Waals surface area contributed by atoms with Crippen molar-refractivity contribution in [1.29, 1.82) is 0 Å². The van der Waals surface area contributed by atoms with Gasteiger partial charge in [0, 0.05) is 29.2 Å². The topological polar surface area (TPSA) is 28.6 Å². The molecule has 5 aromatic rings. The number of ether oxygens (including phenoxy) is 1. The second-order valence-corrected chi connectivity index (χ2v) is 10.0. The van der Waals surface area contributed by atoms with Crippen LogP contribution in [0, 0.1) is 0 Å². The van der Waals surface area contributed by atoms with E-state index < -0.39 is 0 Å². The zero-order valence-electron chi connectivity index (χ0n) is 21.3. The lowest BCUT2D eigenvalue weighted by atomic mass is 10.0. The van der Waals surface area contributed by atoms with Gasteiger partial charge in [0.05, 0.1) is 17.1 Å². The van der Waals surface area contributed by atoms with E-state index in [9.17, 15) is 0 Å². The Kier molecular flexibility index (Phi) is 5.78. The molecule has 0 saturated carbocycles. The maximum absolute atomic E-state index is 6.36. The number of nitrogens with zero attached hydrogens (tertiary/aromatic N) is 3. The lowest BCUT2D eigenvalue weighted by molar-refractivity contribution is 0.483. The molecule has 38 heavy (non-hydrogen) atoms. The number of benzene rings is 4. The fraction of sp³-hybridized carbons (Fsp3) is 0.147. The van der Waals surface area contributed by atoms with Gasteiger partial charge < -0.3 is 14.5 Å². The van der Waals surface area contributed by atoms with Gasteiger partial charge in [0.15, 0.2) is 0 Å². The molecule has 0 amide bonds. The van der Waals surface area contributed by atoms with Crippen LogP contribution in [0.25, 0.3) is 11.3 Å². The molecule has 0 atom stereocenters. The molecule has 4 aromatic carbocycles. The second-order valence-electron chi connectivity index (χ2n) is 10.0. The first-order chi connectivity index (χ1) is 18.8. The number of aryl methyl sites for hydroxylation is 2. The van der Waals surface area contributed by atoms with Gasteiger partial charge in [0.1, 0.15) is 18.2 Å². The Morgan fingerprint density at radius 2 is 1.26 bits per heavy atom. The van der Waals surface area contributed by atoms with Crippen molar-refractivity contribution in [1.82, 2.24) is 4.98 Å².